The largest absolute Gasteiger partial charge is 0.466 e. The minimum absolute atomic E-state index is 0.00206. The summed E-state index contributed by atoms with van der Waals surface area (Å²) in [6.07, 6.45) is 19.3. The van der Waals surface area contributed by atoms with Crippen LogP contribution in [-0.4, -0.2) is 32.5 Å². The Morgan fingerprint density at radius 3 is 1.28 bits per heavy atom. The van der Waals surface area contributed by atoms with Gasteiger partial charge in [-0.2, -0.15) is 0 Å². The van der Waals surface area contributed by atoms with Gasteiger partial charge < -0.3 is 24.7 Å². The van der Waals surface area contributed by atoms with Crippen molar-refractivity contribution in [1.82, 2.24) is 19.9 Å². The van der Waals surface area contributed by atoms with Gasteiger partial charge >= 0.3 is 5.97 Å². The van der Waals surface area contributed by atoms with E-state index in [1.807, 2.05) is 6.92 Å². The van der Waals surface area contributed by atoms with Crippen molar-refractivity contribution in [1.29, 1.82) is 0 Å². The fourth-order valence-corrected chi connectivity index (χ4v) is 11.2. The standard InChI is InChI=1S/C40H50N4O2/c1-2-46-35(45)26-27-25-34-39(21-7-8-22-39)32-14-13-30(42-32)37(17-3-4-18-37)28-11-12-29(41-28)38(19-5-6-20-38)31-15-16-33(43-31)40(36(27)44-34)23-9-10-24-40/h11-16,25,41-44H,2-10,17-24,26H2,1H3. The van der Waals surface area contributed by atoms with Crippen LogP contribution in [0.15, 0.2) is 42.5 Å². The van der Waals surface area contributed by atoms with Crippen molar-refractivity contribution in [2.45, 2.75) is 138 Å². The molecule has 0 amide bonds. The summed E-state index contributed by atoms with van der Waals surface area (Å²) in [6, 6.07) is 16.9. The highest BCUT2D eigenvalue weighted by atomic mass is 16.5. The number of rotatable bonds is 3. The quantitative estimate of drug-likeness (QED) is 0.173. The molecular formula is C40H50N4O2. The smallest absolute Gasteiger partial charge is 0.310 e. The summed E-state index contributed by atoms with van der Waals surface area (Å²) in [4.78, 5) is 29.7. The molecule has 6 nitrogen and oxygen atoms in total. The van der Waals surface area contributed by atoms with Crippen molar-refractivity contribution in [3.05, 3.63) is 93.6 Å². The first-order valence-electron chi connectivity index (χ1n) is 18.5. The molecule has 46 heavy (non-hydrogen) atoms. The summed E-state index contributed by atoms with van der Waals surface area (Å²) in [7, 11) is 0. The van der Waals surface area contributed by atoms with Crippen LogP contribution in [0.1, 0.15) is 161 Å². The monoisotopic (exact) mass is 618 g/mol. The van der Waals surface area contributed by atoms with E-state index in [1.165, 1.54) is 123 Å². The van der Waals surface area contributed by atoms with Gasteiger partial charge in [0, 0.05) is 45.6 Å². The van der Waals surface area contributed by atoms with Crippen molar-refractivity contribution in [3.8, 4) is 0 Å². The molecule has 5 aliphatic rings. The van der Waals surface area contributed by atoms with Gasteiger partial charge in [0.1, 0.15) is 0 Å². The summed E-state index contributed by atoms with van der Waals surface area (Å²) in [5, 5.41) is 0. The lowest BCUT2D eigenvalue weighted by atomic mass is 9.77. The fourth-order valence-electron chi connectivity index (χ4n) is 11.2. The van der Waals surface area contributed by atoms with Crippen LogP contribution >= 0.6 is 0 Å². The number of carbonyl (C=O) groups is 1. The highest BCUT2D eigenvalue weighted by molar-refractivity contribution is 5.73. The first-order chi connectivity index (χ1) is 22.5. The summed E-state index contributed by atoms with van der Waals surface area (Å²) in [5.41, 5.74) is 11.6. The summed E-state index contributed by atoms with van der Waals surface area (Å²) < 4.78 is 5.57. The van der Waals surface area contributed by atoms with Gasteiger partial charge in [-0.3, -0.25) is 4.79 Å². The van der Waals surface area contributed by atoms with Crippen molar-refractivity contribution in [3.63, 3.8) is 0 Å². The van der Waals surface area contributed by atoms with Crippen LogP contribution in [0.5, 0.6) is 0 Å². The van der Waals surface area contributed by atoms with Gasteiger partial charge in [0.2, 0.25) is 0 Å². The molecule has 4 aliphatic carbocycles. The highest BCUT2D eigenvalue weighted by Gasteiger charge is 2.49. The van der Waals surface area contributed by atoms with Gasteiger partial charge in [-0.05, 0) is 106 Å². The van der Waals surface area contributed by atoms with Crippen molar-refractivity contribution in [2.24, 2.45) is 0 Å². The van der Waals surface area contributed by atoms with Gasteiger partial charge in [0.15, 0.2) is 0 Å². The lowest BCUT2D eigenvalue weighted by molar-refractivity contribution is -0.142. The first kappa shape index (κ1) is 28.8. The van der Waals surface area contributed by atoms with Crippen LogP contribution < -0.4 is 0 Å². The van der Waals surface area contributed by atoms with E-state index in [0.29, 0.717) is 13.0 Å². The minimum atomic E-state index is -0.162. The lowest BCUT2D eigenvalue weighted by Crippen LogP contribution is -2.31. The first-order valence-corrected chi connectivity index (χ1v) is 18.5. The topological polar surface area (TPSA) is 89.5 Å². The second-order valence-corrected chi connectivity index (χ2v) is 15.6. The Kier molecular flexibility index (Phi) is 6.60. The molecule has 5 heterocycles. The van der Waals surface area contributed by atoms with Crippen LogP contribution in [-0.2, 0) is 37.6 Å². The maximum atomic E-state index is 13.2. The fraction of sp³-hybridized carbons (Fsp3) is 0.575. The second kappa shape index (κ2) is 10.6. The zero-order valence-electron chi connectivity index (χ0n) is 27.6. The normalized spacial score (nSPS) is 23.3. The van der Waals surface area contributed by atoms with E-state index in [9.17, 15) is 4.79 Å². The van der Waals surface area contributed by atoms with Crippen LogP contribution in [0.4, 0.5) is 0 Å². The number of hydrogen-bond acceptors (Lipinski definition) is 2. The van der Waals surface area contributed by atoms with Crippen LogP contribution in [0.25, 0.3) is 0 Å². The number of ether oxygens (including phenoxy) is 1. The maximum absolute atomic E-state index is 13.2. The molecule has 0 atom stereocenters. The van der Waals surface area contributed by atoms with E-state index < -0.39 is 0 Å². The third-order valence-corrected chi connectivity index (χ3v) is 13.5. The van der Waals surface area contributed by atoms with Gasteiger partial charge in [0.05, 0.1) is 34.7 Å². The minimum Gasteiger partial charge on any atom is -0.466 e. The Bertz CT molecular complexity index is 1740. The molecule has 4 aromatic heterocycles. The van der Waals surface area contributed by atoms with E-state index >= 15 is 0 Å². The summed E-state index contributed by atoms with van der Waals surface area (Å²) in [5.74, 6) is -0.126. The molecule has 9 rings (SSSR count). The van der Waals surface area contributed by atoms with Gasteiger partial charge in [-0.15, -0.1) is 0 Å². The SMILES string of the molecule is CCOC(=O)Cc1cc2[nH]c1C1(CCCC1)c1ccc([nH]1)C1(CCCC1)c1ccc([nH]1)C1(CCCC1)c1ccc([nH]1)C21CCCC1. The third kappa shape index (κ3) is 3.97. The number of nitrogens with one attached hydrogen (secondary N) is 4. The average Bonchev–Trinajstić information content (AvgIpc) is 3.89. The number of esters is 1. The number of aromatic nitrogens is 4. The van der Waals surface area contributed by atoms with Crippen LogP contribution in [0, 0.1) is 0 Å². The van der Waals surface area contributed by atoms with Crippen LogP contribution in [0.2, 0.25) is 0 Å². The zero-order chi connectivity index (χ0) is 31.0. The Balaban J connectivity index is 1.31. The molecule has 0 radical (unpaired) electrons. The van der Waals surface area contributed by atoms with Gasteiger partial charge in [0.25, 0.3) is 0 Å². The van der Waals surface area contributed by atoms with Crippen molar-refractivity contribution in [2.75, 3.05) is 6.61 Å². The molecule has 4 N–H and O–H groups in total. The Morgan fingerprint density at radius 2 is 0.891 bits per heavy atom. The molecular weight excluding hydrogens is 568 g/mol. The second-order valence-electron chi connectivity index (χ2n) is 15.6. The zero-order valence-corrected chi connectivity index (χ0v) is 27.6. The summed E-state index contributed by atoms with van der Waals surface area (Å²) >= 11 is 0. The highest BCUT2D eigenvalue weighted by Crippen LogP contribution is 2.54. The van der Waals surface area contributed by atoms with Crippen LogP contribution in [0.3, 0.4) is 0 Å². The van der Waals surface area contributed by atoms with E-state index in [1.54, 1.807) is 0 Å². The maximum Gasteiger partial charge on any atom is 0.310 e. The number of carbonyl (C=O) groups excluding carboxylic acids is 1. The number of hydrogen-bond donors (Lipinski definition) is 4. The third-order valence-electron chi connectivity index (χ3n) is 13.5. The van der Waals surface area contributed by atoms with E-state index in [0.717, 1.165) is 31.2 Å². The van der Waals surface area contributed by atoms with Gasteiger partial charge in [-0.1, -0.05) is 51.4 Å². The number of H-pyrrole nitrogens is 4. The number of fused-ring (bicyclic) bond motifs is 16. The molecule has 0 saturated heterocycles. The Hall–Kier alpha value is -3.41. The number of aromatic amines is 4. The molecule has 4 aromatic rings. The summed E-state index contributed by atoms with van der Waals surface area (Å²) in [6.45, 7) is 2.32. The van der Waals surface area contributed by atoms with Gasteiger partial charge in [-0.25, -0.2) is 0 Å². The molecule has 4 saturated carbocycles. The Labute approximate surface area is 272 Å². The van der Waals surface area contributed by atoms with Crippen molar-refractivity contribution >= 4 is 5.97 Å². The molecule has 6 heteroatoms. The Morgan fingerprint density at radius 1 is 0.543 bits per heavy atom. The average molecular weight is 619 g/mol. The molecule has 4 spiro atoms. The predicted molar refractivity (Wildman–Crippen MR) is 180 cm³/mol. The van der Waals surface area contributed by atoms with E-state index in [2.05, 4.69) is 62.4 Å². The molecule has 4 fully saturated rings. The molecule has 242 valence electrons. The lowest BCUT2D eigenvalue weighted by Gasteiger charge is -2.33. The van der Waals surface area contributed by atoms with Crippen molar-refractivity contribution < 1.29 is 9.53 Å². The predicted octanol–water partition coefficient (Wildman–Crippen LogP) is 8.86. The van der Waals surface area contributed by atoms with E-state index in [4.69, 9.17) is 4.74 Å². The van der Waals surface area contributed by atoms with E-state index in [-0.39, 0.29) is 27.6 Å². The molecule has 0 unspecified atom stereocenters. The molecule has 8 bridgehead atoms. The molecule has 0 aromatic carbocycles. The molecule has 1 aliphatic heterocycles.